The van der Waals surface area contributed by atoms with E-state index in [2.05, 4.69) is 15.2 Å². The van der Waals surface area contributed by atoms with E-state index in [-0.39, 0.29) is 12.1 Å². The number of halogens is 2. The monoisotopic (exact) mass is 307 g/mol. The number of rotatable bonds is 3. The summed E-state index contributed by atoms with van der Waals surface area (Å²) in [6.07, 6.45) is 0.683. The van der Waals surface area contributed by atoms with E-state index in [1.807, 2.05) is 0 Å². The zero-order valence-electron chi connectivity index (χ0n) is 12.0. The molecule has 0 bridgehead atoms. The first-order valence-electron chi connectivity index (χ1n) is 6.91. The van der Waals surface area contributed by atoms with E-state index in [4.69, 9.17) is 0 Å². The Kier molecular flexibility index (Phi) is 3.89. The number of carbonyl (C=O) groups excluding carboxylic acids is 1. The average molecular weight is 307 g/mol. The Balaban J connectivity index is 2.09. The van der Waals surface area contributed by atoms with Crippen LogP contribution in [0.15, 0.2) is 18.2 Å². The fourth-order valence-corrected chi connectivity index (χ4v) is 2.64. The molecule has 1 aromatic heterocycles. The highest BCUT2D eigenvalue weighted by Gasteiger charge is 2.24. The van der Waals surface area contributed by atoms with Gasteiger partial charge in [0.15, 0.2) is 0 Å². The van der Waals surface area contributed by atoms with Gasteiger partial charge in [-0.3, -0.25) is 9.48 Å². The van der Waals surface area contributed by atoms with Crippen LogP contribution in [0, 0.1) is 11.6 Å². The predicted octanol–water partition coefficient (Wildman–Crippen LogP) is 1.65. The zero-order chi connectivity index (χ0) is 15.7. The maximum absolute atomic E-state index is 14.0. The topological polar surface area (TPSA) is 56.2 Å². The number of benzene rings is 1. The van der Waals surface area contributed by atoms with Gasteiger partial charge in [0.25, 0.3) is 0 Å². The van der Waals surface area contributed by atoms with Gasteiger partial charge in [0.2, 0.25) is 0 Å². The van der Waals surface area contributed by atoms with Crippen LogP contribution in [0.4, 0.5) is 8.78 Å². The molecule has 0 saturated carbocycles. The fraction of sp³-hybridized carbons (Fsp3) is 0.333. The second-order valence-electron chi connectivity index (χ2n) is 5.06. The van der Waals surface area contributed by atoms with Gasteiger partial charge >= 0.3 is 5.97 Å². The van der Waals surface area contributed by atoms with Crippen LogP contribution in [-0.4, -0.2) is 29.4 Å². The van der Waals surface area contributed by atoms with E-state index in [0.29, 0.717) is 18.7 Å². The van der Waals surface area contributed by atoms with Crippen molar-refractivity contribution in [2.45, 2.75) is 19.5 Å². The summed E-state index contributed by atoms with van der Waals surface area (Å²) in [5, 5.41) is 7.55. The summed E-state index contributed by atoms with van der Waals surface area (Å²) in [7, 11) is 1.31. The number of hydrogen-bond acceptors (Lipinski definition) is 4. The molecule has 2 heterocycles. The molecule has 0 fully saturated rings. The molecule has 1 aromatic carbocycles. The van der Waals surface area contributed by atoms with Gasteiger partial charge in [-0.25, -0.2) is 8.78 Å². The molecule has 2 aromatic rings. The molecule has 0 radical (unpaired) electrons. The van der Waals surface area contributed by atoms with E-state index in [9.17, 15) is 13.6 Å². The van der Waals surface area contributed by atoms with E-state index in [1.54, 1.807) is 4.68 Å². The summed E-state index contributed by atoms with van der Waals surface area (Å²) in [5.74, 6) is -1.73. The normalized spacial score (nSPS) is 13.8. The number of aromatic nitrogens is 2. The van der Waals surface area contributed by atoms with Crippen molar-refractivity contribution < 1.29 is 18.3 Å². The van der Waals surface area contributed by atoms with E-state index < -0.39 is 17.6 Å². The third-order valence-corrected chi connectivity index (χ3v) is 3.70. The number of ether oxygens (including phenoxy) is 1. The molecule has 0 unspecified atom stereocenters. The van der Waals surface area contributed by atoms with Crippen molar-refractivity contribution in [3.8, 4) is 11.3 Å². The third-order valence-electron chi connectivity index (χ3n) is 3.70. The molecule has 116 valence electrons. The van der Waals surface area contributed by atoms with Crippen molar-refractivity contribution in [1.29, 1.82) is 0 Å². The third kappa shape index (κ3) is 2.59. The molecule has 3 rings (SSSR count). The fourth-order valence-electron chi connectivity index (χ4n) is 2.64. The van der Waals surface area contributed by atoms with Crippen LogP contribution in [0.1, 0.15) is 11.3 Å². The molecule has 0 amide bonds. The summed E-state index contributed by atoms with van der Waals surface area (Å²) in [6.45, 7) is 1.26. The van der Waals surface area contributed by atoms with Gasteiger partial charge in [-0.1, -0.05) is 0 Å². The van der Waals surface area contributed by atoms with Crippen LogP contribution >= 0.6 is 0 Å². The van der Waals surface area contributed by atoms with E-state index >= 15 is 0 Å². The van der Waals surface area contributed by atoms with Crippen LogP contribution in [-0.2, 0) is 29.0 Å². The maximum Gasteiger partial charge on any atom is 0.327 e. The summed E-state index contributed by atoms with van der Waals surface area (Å²) < 4.78 is 33.3. The first-order valence-corrected chi connectivity index (χ1v) is 6.91. The Morgan fingerprint density at radius 1 is 1.45 bits per heavy atom. The van der Waals surface area contributed by atoms with Crippen molar-refractivity contribution >= 4 is 5.97 Å². The molecule has 0 spiro atoms. The molecule has 7 heteroatoms. The Bertz CT molecular complexity index is 728. The Labute approximate surface area is 125 Å². The quantitative estimate of drug-likeness (QED) is 0.876. The summed E-state index contributed by atoms with van der Waals surface area (Å²) >= 11 is 0. The van der Waals surface area contributed by atoms with Gasteiger partial charge in [0.1, 0.15) is 23.9 Å². The highest BCUT2D eigenvalue weighted by molar-refractivity contribution is 5.70. The van der Waals surface area contributed by atoms with Gasteiger partial charge in [0.05, 0.1) is 7.11 Å². The first kappa shape index (κ1) is 14.6. The Morgan fingerprint density at radius 3 is 3.00 bits per heavy atom. The number of hydrogen-bond donors (Lipinski definition) is 1. The van der Waals surface area contributed by atoms with Gasteiger partial charge in [0, 0.05) is 42.4 Å². The Hall–Kier alpha value is -2.28. The van der Waals surface area contributed by atoms with Gasteiger partial charge in [-0.05, 0) is 12.1 Å². The van der Waals surface area contributed by atoms with E-state index in [1.165, 1.54) is 19.2 Å². The summed E-state index contributed by atoms with van der Waals surface area (Å²) in [5.41, 5.74) is 2.37. The Morgan fingerprint density at radius 2 is 2.27 bits per heavy atom. The SMILES string of the molecule is COC(=O)Cn1nc(-c2ccc(F)cc2F)c2c1CCNC2. The predicted molar refractivity (Wildman–Crippen MR) is 75.0 cm³/mol. The second kappa shape index (κ2) is 5.84. The van der Waals surface area contributed by atoms with Crippen molar-refractivity contribution in [2.75, 3.05) is 13.7 Å². The lowest BCUT2D eigenvalue weighted by Crippen LogP contribution is -2.26. The molecule has 0 aliphatic carbocycles. The number of methoxy groups -OCH3 is 1. The first-order chi connectivity index (χ1) is 10.6. The molecule has 1 aliphatic heterocycles. The minimum Gasteiger partial charge on any atom is -0.468 e. The van der Waals surface area contributed by atoms with Crippen LogP contribution in [0.3, 0.4) is 0 Å². The molecular formula is C15H15F2N3O2. The molecule has 22 heavy (non-hydrogen) atoms. The van der Waals surface area contributed by atoms with Crippen molar-refractivity contribution in [3.05, 3.63) is 41.1 Å². The van der Waals surface area contributed by atoms with Crippen LogP contribution in [0.2, 0.25) is 0 Å². The highest BCUT2D eigenvalue weighted by atomic mass is 19.1. The van der Waals surface area contributed by atoms with Crippen LogP contribution in [0.25, 0.3) is 11.3 Å². The second-order valence-corrected chi connectivity index (χ2v) is 5.06. The average Bonchev–Trinajstić information content (AvgIpc) is 2.86. The molecule has 1 aliphatic rings. The molecular weight excluding hydrogens is 292 g/mol. The number of carbonyl (C=O) groups is 1. The van der Waals surface area contributed by atoms with Crippen LogP contribution < -0.4 is 5.32 Å². The smallest absolute Gasteiger partial charge is 0.327 e. The molecule has 0 saturated heterocycles. The van der Waals surface area contributed by atoms with Crippen molar-refractivity contribution in [3.63, 3.8) is 0 Å². The largest absolute Gasteiger partial charge is 0.468 e. The minimum absolute atomic E-state index is 0.0261. The number of fused-ring (bicyclic) bond motifs is 1. The summed E-state index contributed by atoms with van der Waals surface area (Å²) in [6, 6.07) is 3.39. The maximum atomic E-state index is 14.0. The van der Waals surface area contributed by atoms with E-state index in [0.717, 1.165) is 23.9 Å². The van der Waals surface area contributed by atoms with Gasteiger partial charge in [-0.2, -0.15) is 5.10 Å². The molecule has 0 atom stereocenters. The lowest BCUT2D eigenvalue weighted by Gasteiger charge is -2.15. The number of nitrogens with zero attached hydrogens (tertiary/aromatic N) is 2. The lowest BCUT2D eigenvalue weighted by atomic mass is 10.0. The molecule has 1 N–H and O–H groups in total. The lowest BCUT2D eigenvalue weighted by molar-refractivity contribution is -0.141. The number of esters is 1. The molecule has 5 nitrogen and oxygen atoms in total. The van der Waals surface area contributed by atoms with Crippen molar-refractivity contribution in [1.82, 2.24) is 15.1 Å². The zero-order valence-corrected chi connectivity index (χ0v) is 12.0. The number of nitrogens with one attached hydrogen (secondary N) is 1. The minimum atomic E-state index is -0.670. The van der Waals surface area contributed by atoms with Crippen molar-refractivity contribution in [2.24, 2.45) is 0 Å². The standard InChI is InChI=1S/C15H15F2N3O2/c1-22-14(21)8-20-13-4-5-18-7-11(13)15(19-20)10-3-2-9(16)6-12(10)17/h2-3,6,18H,4-5,7-8H2,1H3. The summed E-state index contributed by atoms with van der Waals surface area (Å²) in [4.78, 5) is 11.5. The van der Waals surface area contributed by atoms with Gasteiger partial charge in [-0.15, -0.1) is 0 Å². The van der Waals surface area contributed by atoms with Gasteiger partial charge < -0.3 is 10.1 Å². The highest BCUT2D eigenvalue weighted by Crippen LogP contribution is 2.30. The van der Waals surface area contributed by atoms with Crippen LogP contribution in [0.5, 0.6) is 0 Å².